The number of nitrogens with zero attached hydrogens (tertiary/aromatic N) is 1. The first kappa shape index (κ1) is 16.9. The Labute approximate surface area is 122 Å². The van der Waals surface area contributed by atoms with E-state index in [1.165, 1.54) is 32.0 Å². The molecule has 0 radical (unpaired) electrons. The minimum atomic E-state index is -3.37. The van der Waals surface area contributed by atoms with Crippen LogP contribution in [-0.4, -0.2) is 36.8 Å². The molecule has 3 N–H and O–H groups in total. The van der Waals surface area contributed by atoms with E-state index in [0.717, 1.165) is 6.26 Å². The lowest BCUT2D eigenvalue weighted by molar-refractivity contribution is -0.383. The van der Waals surface area contributed by atoms with E-state index in [0.29, 0.717) is 0 Å². The summed E-state index contributed by atoms with van der Waals surface area (Å²) in [6, 6.07) is 3.86. The number of para-hydroxylation sites is 1. The summed E-state index contributed by atoms with van der Waals surface area (Å²) in [6.07, 6.45) is 1.07. The zero-order valence-electron chi connectivity index (χ0n) is 11.9. The van der Waals surface area contributed by atoms with Gasteiger partial charge in [0.1, 0.15) is 5.69 Å². The Bertz CT molecular complexity index is 682. The maximum Gasteiger partial charge on any atom is 0.292 e. The van der Waals surface area contributed by atoms with E-state index in [9.17, 15) is 23.3 Å². The number of nitrogens with two attached hydrogens (primary N) is 1. The van der Waals surface area contributed by atoms with Gasteiger partial charge in [0, 0.05) is 18.9 Å². The summed E-state index contributed by atoms with van der Waals surface area (Å²) in [5.41, 5.74) is 4.90. The van der Waals surface area contributed by atoms with Crippen molar-refractivity contribution in [3.8, 4) is 0 Å². The highest BCUT2D eigenvalue weighted by Crippen LogP contribution is 2.24. The first-order chi connectivity index (χ1) is 9.47. The van der Waals surface area contributed by atoms with Crippen molar-refractivity contribution >= 4 is 27.1 Å². The second kappa shape index (κ2) is 5.68. The van der Waals surface area contributed by atoms with Gasteiger partial charge in [0.25, 0.3) is 11.6 Å². The fourth-order valence-electron chi connectivity index (χ4n) is 1.43. The second-order valence-electron chi connectivity index (χ2n) is 5.21. The average molecular weight is 315 g/mol. The number of rotatable bonds is 5. The average Bonchev–Trinajstić information content (AvgIpc) is 2.34. The Hall–Kier alpha value is -2.16. The van der Waals surface area contributed by atoms with Crippen LogP contribution in [0.2, 0.25) is 0 Å². The van der Waals surface area contributed by atoms with E-state index in [-0.39, 0.29) is 23.5 Å². The molecule has 1 rings (SSSR count). The van der Waals surface area contributed by atoms with Gasteiger partial charge in [-0.15, -0.1) is 0 Å². The number of anilines is 1. The number of carbonyl (C=O) groups is 1. The van der Waals surface area contributed by atoms with Gasteiger partial charge in [0.2, 0.25) is 0 Å². The number of sulfone groups is 1. The molecular formula is C12H17N3O5S. The van der Waals surface area contributed by atoms with Crippen LogP contribution in [0.5, 0.6) is 0 Å². The van der Waals surface area contributed by atoms with Crippen molar-refractivity contribution in [2.75, 3.05) is 18.5 Å². The first-order valence-corrected chi connectivity index (χ1v) is 7.87. The molecule has 9 heteroatoms. The van der Waals surface area contributed by atoms with Gasteiger partial charge < -0.3 is 11.1 Å². The molecule has 0 fully saturated rings. The third-order valence-electron chi connectivity index (χ3n) is 3.20. The van der Waals surface area contributed by atoms with E-state index in [4.69, 9.17) is 5.73 Å². The Morgan fingerprint density at radius 2 is 2.00 bits per heavy atom. The second-order valence-corrected chi connectivity index (χ2v) is 7.86. The lowest BCUT2D eigenvalue weighted by Gasteiger charge is -2.22. The molecule has 1 amide bonds. The highest BCUT2D eigenvalue weighted by Gasteiger charge is 2.31. The number of benzene rings is 1. The summed E-state index contributed by atoms with van der Waals surface area (Å²) < 4.78 is 21.9. The quantitative estimate of drug-likeness (QED) is 0.467. The van der Waals surface area contributed by atoms with Crippen LogP contribution >= 0.6 is 0 Å². The minimum absolute atomic E-state index is 0.0616. The Morgan fingerprint density at radius 3 is 2.48 bits per heavy atom. The molecular weight excluding hydrogens is 298 g/mol. The van der Waals surface area contributed by atoms with Crippen LogP contribution in [0.15, 0.2) is 18.2 Å². The van der Waals surface area contributed by atoms with Gasteiger partial charge in [0.15, 0.2) is 9.84 Å². The van der Waals surface area contributed by atoms with E-state index in [2.05, 4.69) is 5.32 Å². The molecule has 0 aliphatic heterocycles. The molecule has 116 valence electrons. The first-order valence-electron chi connectivity index (χ1n) is 5.98. The Balaban J connectivity index is 2.97. The van der Waals surface area contributed by atoms with Crippen LogP contribution in [0.4, 0.5) is 11.4 Å². The van der Waals surface area contributed by atoms with Gasteiger partial charge >= 0.3 is 0 Å². The van der Waals surface area contributed by atoms with Crippen molar-refractivity contribution in [3.63, 3.8) is 0 Å². The number of carbonyl (C=O) groups excluding carboxylic acids is 1. The van der Waals surface area contributed by atoms with Gasteiger partial charge in [0.05, 0.1) is 15.2 Å². The molecule has 0 saturated carbocycles. The molecule has 21 heavy (non-hydrogen) atoms. The van der Waals surface area contributed by atoms with E-state index in [1.54, 1.807) is 0 Å². The highest BCUT2D eigenvalue weighted by molar-refractivity contribution is 7.92. The van der Waals surface area contributed by atoms with E-state index >= 15 is 0 Å². The van der Waals surface area contributed by atoms with Gasteiger partial charge in [-0.05, 0) is 19.9 Å². The van der Waals surface area contributed by atoms with Crippen LogP contribution in [0, 0.1) is 10.1 Å². The molecule has 8 nitrogen and oxygen atoms in total. The SMILES string of the molecule is CC(C)(CNC(=O)c1cccc([N+](=O)[O-])c1N)S(C)(=O)=O. The lowest BCUT2D eigenvalue weighted by Crippen LogP contribution is -2.43. The fraction of sp³-hybridized carbons (Fsp3) is 0.417. The number of amides is 1. The summed E-state index contributed by atoms with van der Waals surface area (Å²) in [4.78, 5) is 22.1. The number of nitro groups is 1. The summed E-state index contributed by atoms with van der Waals surface area (Å²) >= 11 is 0. The maximum absolute atomic E-state index is 12.0. The van der Waals surface area contributed by atoms with Crippen LogP contribution in [0.1, 0.15) is 24.2 Å². The van der Waals surface area contributed by atoms with Gasteiger partial charge in [-0.25, -0.2) is 8.42 Å². The summed E-state index contributed by atoms with van der Waals surface area (Å²) in [5, 5.41) is 13.2. The number of nitrogen functional groups attached to an aromatic ring is 1. The van der Waals surface area contributed by atoms with Crippen LogP contribution in [-0.2, 0) is 9.84 Å². The Morgan fingerprint density at radius 1 is 1.43 bits per heavy atom. The van der Waals surface area contributed by atoms with E-state index < -0.39 is 25.4 Å². The summed E-state index contributed by atoms with van der Waals surface area (Å²) in [6.45, 7) is 2.81. The minimum Gasteiger partial charge on any atom is -0.393 e. The zero-order chi connectivity index (χ0) is 16.4. The Kier molecular flexibility index (Phi) is 4.57. The summed E-state index contributed by atoms with van der Waals surface area (Å²) in [5.74, 6) is -0.659. The van der Waals surface area contributed by atoms with Gasteiger partial charge in [-0.1, -0.05) is 6.07 Å². The number of hydrogen-bond acceptors (Lipinski definition) is 6. The summed E-state index contributed by atoms with van der Waals surface area (Å²) in [7, 11) is -3.37. The van der Waals surface area contributed by atoms with Crippen molar-refractivity contribution < 1.29 is 18.1 Å². The highest BCUT2D eigenvalue weighted by atomic mass is 32.2. The molecule has 0 bridgehead atoms. The van der Waals surface area contributed by atoms with Crippen molar-refractivity contribution in [3.05, 3.63) is 33.9 Å². The maximum atomic E-state index is 12.0. The predicted molar refractivity (Wildman–Crippen MR) is 78.8 cm³/mol. The third-order valence-corrected chi connectivity index (χ3v) is 5.35. The normalized spacial score (nSPS) is 12.0. The van der Waals surface area contributed by atoms with Crippen LogP contribution in [0.3, 0.4) is 0 Å². The number of hydrogen-bond donors (Lipinski definition) is 2. The third kappa shape index (κ3) is 3.69. The molecule has 0 aliphatic carbocycles. The molecule has 0 unspecified atom stereocenters. The standard InChI is InChI=1S/C12H17N3O5S/c1-12(2,21(3,19)20)7-14-11(16)8-5-4-6-9(10(8)13)15(17)18/h4-6H,7,13H2,1-3H3,(H,14,16). The van der Waals surface area contributed by atoms with Crippen molar-refractivity contribution in [1.82, 2.24) is 5.32 Å². The predicted octanol–water partition coefficient (Wildman–Crippen LogP) is 0.730. The van der Waals surface area contributed by atoms with Crippen molar-refractivity contribution in [1.29, 1.82) is 0 Å². The van der Waals surface area contributed by atoms with Crippen molar-refractivity contribution in [2.24, 2.45) is 0 Å². The number of nitro benzene ring substituents is 1. The molecule has 0 heterocycles. The van der Waals surface area contributed by atoms with Crippen LogP contribution < -0.4 is 11.1 Å². The van der Waals surface area contributed by atoms with Gasteiger partial charge in [-0.3, -0.25) is 14.9 Å². The molecule has 1 aromatic carbocycles. The molecule has 0 aromatic heterocycles. The number of nitrogens with one attached hydrogen (secondary N) is 1. The smallest absolute Gasteiger partial charge is 0.292 e. The van der Waals surface area contributed by atoms with Gasteiger partial charge in [-0.2, -0.15) is 0 Å². The molecule has 0 atom stereocenters. The molecule has 1 aromatic rings. The molecule has 0 saturated heterocycles. The van der Waals surface area contributed by atoms with Crippen LogP contribution in [0.25, 0.3) is 0 Å². The zero-order valence-corrected chi connectivity index (χ0v) is 12.7. The van der Waals surface area contributed by atoms with Crippen molar-refractivity contribution in [2.45, 2.75) is 18.6 Å². The topological polar surface area (TPSA) is 132 Å². The monoisotopic (exact) mass is 315 g/mol. The molecule has 0 aliphatic rings. The molecule has 0 spiro atoms. The van der Waals surface area contributed by atoms with E-state index in [1.807, 2.05) is 0 Å². The largest absolute Gasteiger partial charge is 0.393 e. The lowest BCUT2D eigenvalue weighted by atomic mass is 10.1. The fourth-order valence-corrected chi connectivity index (χ4v) is 1.76.